The summed E-state index contributed by atoms with van der Waals surface area (Å²) in [5, 5.41) is 2.82. The van der Waals surface area contributed by atoms with Crippen LogP contribution in [0.15, 0.2) is 0 Å². The van der Waals surface area contributed by atoms with Crippen LogP contribution in [0.1, 0.15) is 20.3 Å². The SMILES string of the molecule is CC(C)CNC(=O)C[N+](C)(C)CCCS(=O)(=O)O. The molecule has 1 amide bonds. The zero-order valence-corrected chi connectivity index (χ0v) is 12.5. The number of likely N-dealkylation sites (N-methyl/N-ethyl adjacent to an activating group) is 1. The molecule has 0 aliphatic heterocycles. The number of carbonyl (C=O) groups excluding carboxylic acids is 1. The Kier molecular flexibility index (Phi) is 6.80. The van der Waals surface area contributed by atoms with E-state index < -0.39 is 10.1 Å². The van der Waals surface area contributed by atoms with E-state index in [1.165, 1.54) is 0 Å². The average Bonchev–Trinajstić information content (AvgIpc) is 2.11. The van der Waals surface area contributed by atoms with Crippen molar-refractivity contribution < 1.29 is 22.2 Å². The van der Waals surface area contributed by atoms with Crippen molar-refractivity contribution in [3.8, 4) is 0 Å². The van der Waals surface area contributed by atoms with Gasteiger partial charge in [-0.05, 0) is 5.92 Å². The first kappa shape index (κ1) is 17.3. The molecule has 0 saturated heterocycles. The molecular formula is C11H25N2O4S+. The van der Waals surface area contributed by atoms with Crippen molar-refractivity contribution in [3.05, 3.63) is 0 Å². The number of nitrogens with zero attached hydrogens (tertiary/aromatic N) is 1. The lowest BCUT2D eigenvalue weighted by atomic mass is 10.2. The van der Waals surface area contributed by atoms with Crippen LogP contribution in [0.2, 0.25) is 0 Å². The van der Waals surface area contributed by atoms with Gasteiger partial charge in [-0.25, -0.2) is 0 Å². The molecule has 108 valence electrons. The molecule has 0 spiro atoms. The summed E-state index contributed by atoms with van der Waals surface area (Å²) in [5.41, 5.74) is 0. The van der Waals surface area contributed by atoms with E-state index in [-0.39, 0.29) is 11.7 Å². The third-order valence-electron chi connectivity index (χ3n) is 2.44. The third kappa shape index (κ3) is 10.5. The van der Waals surface area contributed by atoms with E-state index in [0.717, 1.165) is 0 Å². The molecule has 0 aromatic rings. The Balaban J connectivity index is 4.02. The van der Waals surface area contributed by atoms with Crippen molar-refractivity contribution >= 4 is 16.0 Å². The van der Waals surface area contributed by atoms with Gasteiger partial charge in [-0.15, -0.1) is 0 Å². The second-order valence-electron chi connectivity index (χ2n) is 5.65. The molecule has 0 bridgehead atoms. The zero-order chi connectivity index (χ0) is 14.4. The molecule has 2 N–H and O–H groups in total. The topological polar surface area (TPSA) is 83.5 Å². The van der Waals surface area contributed by atoms with Gasteiger partial charge in [0, 0.05) is 13.0 Å². The number of nitrogens with one attached hydrogen (secondary N) is 1. The maximum Gasteiger partial charge on any atom is 0.275 e. The molecule has 0 rings (SSSR count). The fraction of sp³-hybridized carbons (Fsp3) is 0.909. The van der Waals surface area contributed by atoms with Crippen LogP contribution in [-0.2, 0) is 14.9 Å². The highest BCUT2D eigenvalue weighted by Crippen LogP contribution is 2.01. The average molecular weight is 281 g/mol. The highest BCUT2D eigenvalue weighted by atomic mass is 32.2. The minimum atomic E-state index is -3.91. The van der Waals surface area contributed by atoms with Gasteiger partial charge in [-0.1, -0.05) is 13.8 Å². The summed E-state index contributed by atoms with van der Waals surface area (Å²) in [4.78, 5) is 11.6. The van der Waals surface area contributed by atoms with Crippen molar-refractivity contribution in [1.29, 1.82) is 0 Å². The summed E-state index contributed by atoms with van der Waals surface area (Å²) in [6, 6.07) is 0. The summed E-state index contributed by atoms with van der Waals surface area (Å²) in [6.07, 6.45) is 0.337. The maximum atomic E-state index is 11.6. The Bertz CT molecular complexity index is 363. The second-order valence-corrected chi connectivity index (χ2v) is 7.23. The molecule has 0 radical (unpaired) electrons. The van der Waals surface area contributed by atoms with Gasteiger partial charge in [0.1, 0.15) is 0 Å². The number of rotatable bonds is 8. The van der Waals surface area contributed by atoms with Gasteiger partial charge in [0.2, 0.25) is 0 Å². The lowest BCUT2D eigenvalue weighted by molar-refractivity contribution is -0.882. The lowest BCUT2D eigenvalue weighted by Gasteiger charge is -2.29. The van der Waals surface area contributed by atoms with E-state index >= 15 is 0 Å². The zero-order valence-electron chi connectivity index (χ0n) is 11.6. The van der Waals surface area contributed by atoms with Crippen LogP contribution >= 0.6 is 0 Å². The molecule has 0 heterocycles. The molecule has 0 saturated carbocycles. The van der Waals surface area contributed by atoms with E-state index in [2.05, 4.69) is 5.32 Å². The number of quaternary nitrogens is 1. The first-order chi connectivity index (χ1) is 8.02. The van der Waals surface area contributed by atoms with Gasteiger partial charge in [0.05, 0.1) is 26.4 Å². The number of hydrogen-bond acceptors (Lipinski definition) is 3. The Labute approximate surface area is 110 Å². The van der Waals surface area contributed by atoms with Crippen LogP contribution in [-0.4, -0.2) is 62.8 Å². The smallest absolute Gasteiger partial charge is 0.275 e. The molecule has 0 unspecified atom stereocenters. The number of carbonyl (C=O) groups is 1. The first-order valence-electron chi connectivity index (χ1n) is 6.06. The molecule has 0 atom stereocenters. The van der Waals surface area contributed by atoms with Crippen molar-refractivity contribution in [1.82, 2.24) is 5.32 Å². The third-order valence-corrected chi connectivity index (χ3v) is 3.25. The molecule has 0 aliphatic rings. The van der Waals surface area contributed by atoms with Crippen molar-refractivity contribution in [2.75, 3.05) is 39.5 Å². The van der Waals surface area contributed by atoms with Crippen LogP contribution in [0, 0.1) is 5.92 Å². The van der Waals surface area contributed by atoms with Crippen LogP contribution in [0.5, 0.6) is 0 Å². The van der Waals surface area contributed by atoms with Gasteiger partial charge in [0.25, 0.3) is 16.0 Å². The molecule has 0 fully saturated rings. The molecule has 0 aliphatic carbocycles. The summed E-state index contributed by atoms with van der Waals surface area (Å²) < 4.78 is 30.2. The Hall–Kier alpha value is -0.660. The van der Waals surface area contributed by atoms with E-state index in [4.69, 9.17) is 4.55 Å². The predicted molar refractivity (Wildman–Crippen MR) is 70.7 cm³/mol. The van der Waals surface area contributed by atoms with Crippen molar-refractivity contribution in [2.45, 2.75) is 20.3 Å². The number of amides is 1. The van der Waals surface area contributed by atoms with E-state index in [1.54, 1.807) is 0 Å². The first-order valence-corrected chi connectivity index (χ1v) is 7.66. The highest BCUT2D eigenvalue weighted by Gasteiger charge is 2.20. The normalized spacial score (nSPS) is 12.8. The van der Waals surface area contributed by atoms with Crippen LogP contribution in [0.4, 0.5) is 0 Å². The van der Waals surface area contributed by atoms with Crippen molar-refractivity contribution in [2.24, 2.45) is 5.92 Å². The molecule has 0 aromatic carbocycles. The molecule has 6 nitrogen and oxygen atoms in total. The van der Waals surface area contributed by atoms with E-state index in [1.807, 2.05) is 27.9 Å². The number of hydrogen-bond donors (Lipinski definition) is 2. The van der Waals surface area contributed by atoms with E-state index in [0.29, 0.717) is 36.5 Å². The van der Waals surface area contributed by atoms with Crippen LogP contribution in [0.3, 0.4) is 0 Å². The standard InChI is InChI=1S/C11H24N2O4S/c1-10(2)8-12-11(14)9-13(3,4)6-5-7-18(15,16)17/h10H,5-9H2,1-4H3,(H-,12,14,15,16,17)/p+1. The van der Waals surface area contributed by atoms with Gasteiger partial charge < -0.3 is 9.80 Å². The van der Waals surface area contributed by atoms with Gasteiger partial charge >= 0.3 is 0 Å². The second kappa shape index (κ2) is 7.06. The van der Waals surface area contributed by atoms with Gasteiger partial charge in [-0.3, -0.25) is 9.35 Å². The molecule has 0 aromatic heterocycles. The predicted octanol–water partition coefficient (Wildman–Crippen LogP) is 0.113. The van der Waals surface area contributed by atoms with E-state index in [9.17, 15) is 13.2 Å². The molecule has 18 heavy (non-hydrogen) atoms. The Morgan fingerprint density at radius 1 is 1.33 bits per heavy atom. The maximum absolute atomic E-state index is 11.6. The fourth-order valence-electron chi connectivity index (χ4n) is 1.52. The summed E-state index contributed by atoms with van der Waals surface area (Å²) in [7, 11) is -0.187. The minimum absolute atomic E-state index is 0.0412. The summed E-state index contributed by atoms with van der Waals surface area (Å²) in [6.45, 7) is 5.51. The molecular weight excluding hydrogens is 256 g/mol. The van der Waals surface area contributed by atoms with Crippen molar-refractivity contribution in [3.63, 3.8) is 0 Å². The Morgan fingerprint density at radius 3 is 2.33 bits per heavy atom. The quantitative estimate of drug-likeness (QED) is 0.489. The monoisotopic (exact) mass is 281 g/mol. The van der Waals surface area contributed by atoms with Gasteiger partial charge in [-0.2, -0.15) is 8.42 Å². The van der Waals surface area contributed by atoms with Gasteiger partial charge in [0.15, 0.2) is 6.54 Å². The Morgan fingerprint density at radius 2 is 1.89 bits per heavy atom. The fourth-order valence-corrected chi connectivity index (χ4v) is 2.01. The van der Waals surface area contributed by atoms with Crippen LogP contribution in [0.25, 0.3) is 0 Å². The highest BCUT2D eigenvalue weighted by molar-refractivity contribution is 7.85. The molecule has 7 heteroatoms. The largest absolute Gasteiger partial charge is 0.351 e. The minimum Gasteiger partial charge on any atom is -0.351 e. The summed E-state index contributed by atoms with van der Waals surface area (Å²) >= 11 is 0. The van der Waals surface area contributed by atoms with Crippen LogP contribution < -0.4 is 5.32 Å². The lowest BCUT2D eigenvalue weighted by Crippen LogP contribution is -2.48. The summed E-state index contributed by atoms with van der Waals surface area (Å²) in [5.74, 6) is 0.104.